The fourth-order valence-electron chi connectivity index (χ4n) is 5.59. The SMILES string of the molecule is CCN(C)CC(C(=O)C(CN(C)CC)N1CCCc2cc(Br)ccc21)N1CCCc2cc(Br)ccc21. The molecule has 2 aliphatic heterocycles. The summed E-state index contributed by atoms with van der Waals surface area (Å²) in [4.78, 5) is 24.1. The summed E-state index contributed by atoms with van der Waals surface area (Å²) in [6.45, 7) is 9.49. The first-order chi connectivity index (χ1) is 17.3. The van der Waals surface area contributed by atoms with Gasteiger partial charge in [-0.15, -0.1) is 0 Å². The molecule has 196 valence electrons. The number of ketones is 1. The van der Waals surface area contributed by atoms with Gasteiger partial charge in [0.1, 0.15) is 12.1 Å². The van der Waals surface area contributed by atoms with Crippen molar-refractivity contribution in [3.05, 3.63) is 56.5 Å². The van der Waals surface area contributed by atoms with Crippen LogP contribution in [-0.4, -0.2) is 81.0 Å². The number of nitrogens with zero attached hydrogens (tertiary/aromatic N) is 4. The van der Waals surface area contributed by atoms with Gasteiger partial charge in [-0.1, -0.05) is 45.7 Å². The van der Waals surface area contributed by atoms with Crippen LogP contribution in [0.2, 0.25) is 0 Å². The molecular formula is C29H40Br2N4O. The molecule has 0 fully saturated rings. The zero-order chi connectivity index (χ0) is 25.8. The molecule has 2 aromatic rings. The standard InChI is InChI=1S/C29H40Br2N4O/c1-5-32(3)19-27(34-15-7-9-21-17-23(30)11-13-25(21)34)29(36)28(20-33(4)6-2)35-16-8-10-22-18-24(31)12-14-26(22)35/h11-14,17-18,27-28H,5-10,15-16,19-20H2,1-4H3. The Hall–Kier alpha value is -1.41. The third-order valence-electron chi connectivity index (χ3n) is 7.85. The van der Waals surface area contributed by atoms with Crippen molar-refractivity contribution in [2.45, 2.75) is 51.6 Å². The van der Waals surface area contributed by atoms with Crippen LogP contribution < -0.4 is 9.80 Å². The maximum absolute atomic E-state index is 14.7. The van der Waals surface area contributed by atoms with E-state index >= 15 is 0 Å². The minimum atomic E-state index is -0.189. The molecule has 4 rings (SSSR count). The van der Waals surface area contributed by atoms with Gasteiger partial charge in [-0.25, -0.2) is 0 Å². The quantitative estimate of drug-likeness (QED) is 0.344. The summed E-state index contributed by atoms with van der Waals surface area (Å²) in [6.07, 6.45) is 4.27. The molecule has 36 heavy (non-hydrogen) atoms. The first-order valence-corrected chi connectivity index (χ1v) is 14.9. The van der Waals surface area contributed by atoms with Gasteiger partial charge in [-0.2, -0.15) is 0 Å². The van der Waals surface area contributed by atoms with Crippen LogP contribution >= 0.6 is 31.9 Å². The lowest BCUT2D eigenvalue weighted by Gasteiger charge is -2.44. The second-order valence-corrected chi connectivity index (χ2v) is 12.1. The lowest BCUT2D eigenvalue weighted by molar-refractivity contribution is -0.122. The molecule has 2 unspecified atom stereocenters. The minimum Gasteiger partial charge on any atom is -0.360 e. The van der Waals surface area contributed by atoms with E-state index in [9.17, 15) is 4.79 Å². The Bertz CT molecular complexity index is 980. The van der Waals surface area contributed by atoms with Crippen LogP contribution in [0, 0.1) is 0 Å². The van der Waals surface area contributed by atoms with E-state index in [1.165, 1.54) is 22.5 Å². The van der Waals surface area contributed by atoms with Crippen molar-refractivity contribution in [2.75, 3.05) is 63.2 Å². The third kappa shape index (κ3) is 6.17. The van der Waals surface area contributed by atoms with E-state index < -0.39 is 0 Å². The molecule has 0 bridgehead atoms. The van der Waals surface area contributed by atoms with Gasteiger partial charge in [0.25, 0.3) is 0 Å². The second kappa shape index (κ2) is 12.4. The molecular weight excluding hydrogens is 580 g/mol. The summed E-state index contributed by atoms with van der Waals surface area (Å²) in [7, 11) is 4.27. The van der Waals surface area contributed by atoms with Crippen LogP contribution in [0.15, 0.2) is 45.3 Å². The van der Waals surface area contributed by atoms with Gasteiger partial charge < -0.3 is 19.6 Å². The monoisotopic (exact) mass is 618 g/mol. The number of carbonyl (C=O) groups is 1. The first-order valence-electron chi connectivity index (χ1n) is 13.3. The van der Waals surface area contributed by atoms with Crippen molar-refractivity contribution in [1.82, 2.24) is 9.80 Å². The van der Waals surface area contributed by atoms with E-state index in [2.05, 4.69) is 116 Å². The van der Waals surface area contributed by atoms with Crippen LogP contribution in [0.3, 0.4) is 0 Å². The van der Waals surface area contributed by atoms with Crippen LogP contribution in [0.1, 0.15) is 37.8 Å². The minimum absolute atomic E-state index is 0.189. The molecule has 0 aliphatic carbocycles. The van der Waals surface area contributed by atoms with Crippen molar-refractivity contribution in [3.8, 4) is 0 Å². The molecule has 0 radical (unpaired) electrons. The fraction of sp³-hybridized carbons (Fsp3) is 0.552. The van der Waals surface area contributed by atoms with E-state index in [0.717, 1.165) is 73.9 Å². The molecule has 0 N–H and O–H groups in total. The lowest BCUT2D eigenvalue weighted by Crippen LogP contribution is -2.59. The molecule has 0 spiro atoms. The van der Waals surface area contributed by atoms with Gasteiger partial charge in [0.05, 0.1) is 0 Å². The number of Topliss-reactive ketones (excluding diaryl/α,β-unsaturated/α-hetero) is 1. The average Bonchev–Trinajstić information content (AvgIpc) is 2.88. The van der Waals surface area contributed by atoms with Gasteiger partial charge >= 0.3 is 0 Å². The number of likely N-dealkylation sites (N-methyl/N-ethyl adjacent to an activating group) is 2. The highest BCUT2D eigenvalue weighted by Gasteiger charge is 2.38. The summed E-state index contributed by atoms with van der Waals surface area (Å²) < 4.78 is 2.21. The first kappa shape index (κ1) is 27.6. The number of benzene rings is 2. The fourth-order valence-corrected chi connectivity index (χ4v) is 6.41. The summed E-state index contributed by atoms with van der Waals surface area (Å²) >= 11 is 7.30. The average molecular weight is 620 g/mol. The highest BCUT2D eigenvalue weighted by molar-refractivity contribution is 9.10. The van der Waals surface area contributed by atoms with Crippen LogP contribution in [0.25, 0.3) is 0 Å². The number of carbonyl (C=O) groups excluding carboxylic acids is 1. The molecule has 0 saturated carbocycles. The topological polar surface area (TPSA) is 30.0 Å². The molecule has 2 heterocycles. The third-order valence-corrected chi connectivity index (χ3v) is 8.84. The maximum atomic E-state index is 14.7. The molecule has 2 atom stereocenters. The van der Waals surface area contributed by atoms with E-state index in [4.69, 9.17) is 0 Å². The maximum Gasteiger partial charge on any atom is 0.180 e. The second-order valence-electron chi connectivity index (χ2n) is 10.3. The predicted octanol–water partition coefficient (Wildman–Crippen LogP) is 5.63. The predicted molar refractivity (Wildman–Crippen MR) is 159 cm³/mol. The van der Waals surface area contributed by atoms with Crippen molar-refractivity contribution in [3.63, 3.8) is 0 Å². The molecule has 0 saturated heterocycles. The van der Waals surface area contributed by atoms with Gasteiger partial charge in [-0.05, 0) is 100 Å². The molecule has 0 aromatic heterocycles. The summed E-state index contributed by atoms with van der Waals surface area (Å²) in [5.74, 6) is 0.335. The Morgan fingerprint density at radius 2 is 1.22 bits per heavy atom. The van der Waals surface area contributed by atoms with E-state index in [1.807, 2.05) is 0 Å². The highest BCUT2D eigenvalue weighted by atomic mass is 79.9. The van der Waals surface area contributed by atoms with Crippen molar-refractivity contribution < 1.29 is 4.79 Å². The van der Waals surface area contributed by atoms with Gasteiger partial charge in [0, 0.05) is 46.5 Å². The summed E-state index contributed by atoms with van der Waals surface area (Å²) in [5, 5.41) is 0. The zero-order valence-corrected chi connectivity index (χ0v) is 25.3. The Kier molecular flexibility index (Phi) is 9.53. The number of aryl methyl sites for hydroxylation is 2. The number of rotatable bonds is 10. The molecule has 2 aromatic carbocycles. The van der Waals surface area contributed by atoms with Crippen molar-refractivity contribution in [2.24, 2.45) is 0 Å². The summed E-state index contributed by atoms with van der Waals surface area (Å²) in [6, 6.07) is 12.7. The van der Waals surface area contributed by atoms with Crippen LogP contribution in [0.4, 0.5) is 11.4 Å². The van der Waals surface area contributed by atoms with Crippen molar-refractivity contribution >= 4 is 49.0 Å². The highest BCUT2D eigenvalue weighted by Crippen LogP contribution is 2.35. The largest absolute Gasteiger partial charge is 0.360 e. The Morgan fingerprint density at radius 3 is 1.61 bits per heavy atom. The van der Waals surface area contributed by atoms with Crippen LogP contribution in [0.5, 0.6) is 0 Å². The molecule has 2 aliphatic rings. The molecule has 5 nitrogen and oxygen atoms in total. The summed E-state index contributed by atoms with van der Waals surface area (Å²) in [5.41, 5.74) is 5.11. The Balaban J connectivity index is 1.74. The number of halogens is 2. The lowest BCUT2D eigenvalue weighted by atomic mass is 9.93. The number of hydrogen-bond acceptors (Lipinski definition) is 5. The van der Waals surface area contributed by atoms with E-state index in [1.54, 1.807) is 0 Å². The van der Waals surface area contributed by atoms with E-state index in [-0.39, 0.29) is 12.1 Å². The zero-order valence-electron chi connectivity index (χ0n) is 22.1. The number of hydrogen-bond donors (Lipinski definition) is 0. The van der Waals surface area contributed by atoms with E-state index in [0.29, 0.717) is 5.78 Å². The Morgan fingerprint density at radius 1 is 0.806 bits per heavy atom. The smallest absolute Gasteiger partial charge is 0.180 e. The molecule has 7 heteroatoms. The van der Waals surface area contributed by atoms with Gasteiger partial charge in [0.15, 0.2) is 5.78 Å². The number of fused-ring (bicyclic) bond motifs is 2. The van der Waals surface area contributed by atoms with Crippen LogP contribution in [-0.2, 0) is 17.6 Å². The number of anilines is 2. The molecule has 0 amide bonds. The van der Waals surface area contributed by atoms with Gasteiger partial charge in [-0.3, -0.25) is 4.79 Å². The normalized spacial score (nSPS) is 17.2. The van der Waals surface area contributed by atoms with Gasteiger partial charge in [0.2, 0.25) is 0 Å². The Labute approximate surface area is 234 Å². The van der Waals surface area contributed by atoms with Crippen molar-refractivity contribution in [1.29, 1.82) is 0 Å².